The van der Waals surface area contributed by atoms with Gasteiger partial charge in [-0.2, -0.15) is 0 Å². The number of carbonyl (C=O) groups is 1. The van der Waals surface area contributed by atoms with Gasteiger partial charge in [0.2, 0.25) is 5.91 Å². The number of piperazine rings is 1. The molecular weight excluding hydrogens is 322 g/mol. The molecule has 7 heteroatoms. The average Bonchev–Trinajstić information content (AvgIpc) is 2.63. The predicted octanol–water partition coefficient (Wildman–Crippen LogP) is 0.245. The van der Waals surface area contributed by atoms with Crippen molar-refractivity contribution in [2.24, 2.45) is 0 Å². The normalized spacial score (nSPS) is 19.4. The molecule has 1 saturated heterocycles. The minimum atomic E-state index is -0.0843. The molecule has 2 heterocycles. The zero-order valence-corrected chi connectivity index (χ0v) is 14.7. The van der Waals surface area contributed by atoms with Crippen molar-refractivity contribution < 1.29 is 19.4 Å². The summed E-state index contributed by atoms with van der Waals surface area (Å²) >= 11 is 0. The van der Waals surface area contributed by atoms with Crippen molar-refractivity contribution in [2.45, 2.75) is 13.0 Å². The van der Waals surface area contributed by atoms with E-state index in [1.165, 1.54) is 0 Å². The Bertz CT molecular complexity index is 588. The number of hydrogen-bond acceptors (Lipinski definition) is 6. The van der Waals surface area contributed by atoms with Crippen LogP contribution in [-0.4, -0.2) is 79.9 Å². The molecule has 0 unspecified atom stereocenters. The van der Waals surface area contributed by atoms with E-state index in [1.807, 2.05) is 25.1 Å². The molecule has 0 saturated carbocycles. The number of ether oxygens (including phenoxy) is 2. The van der Waals surface area contributed by atoms with Gasteiger partial charge in [0.05, 0.1) is 19.2 Å². The van der Waals surface area contributed by atoms with Gasteiger partial charge in [-0.3, -0.25) is 14.6 Å². The Kier molecular flexibility index (Phi) is 6.12. The molecule has 0 spiro atoms. The third kappa shape index (κ3) is 4.84. The molecule has 25 heavy (non-hydrogen) atoms. The fourth-order valence-electron chi connectivity index (χ4n) is 3.22. The number of aliphatic hydroxyl groups is 1. The second-order valence-electron chi connectivity index (χ2n) is 6.53. The summed E-state index contributed by atoms with van der Waals surface area (Å²) in [6.45, 7) is 7.90. The van der Waals surface area contributed by atoms with Crippen molar-refractivity contribution in [2.75, 3.05) is 59.1 Å². The highest BCUT2D eigenvalue weighted by molar-refractivity contribution is 5.78. The molecule has 138 valence electrons. The molecule has 1 atom stereocenters. The molecule has 1 fully saturated rings. The van der Waals surface area contributed by atoms with Crippen molar-refractivity contribution in [1.82, 2.24) is 15.1 Å². The SMILES string of the molecule is C[C@H](NC(=O)CN1CCN(CCO)CC1)c1ccc2c(c1)OCCO2. The third-order valence-corrected chi connectivity index (χ3v) is 4.69. The summed E-state index contributed by atoms with van der Waals surface area (Å²) in [7, 11) is 0. The van der Waals surface area contributed by atoms with E-state index in [1.54, 1.807) is 0 Å². The number of benzene rings is 1. The van der Waals surface area contributed by atoms with E-state index >= 15 is 0 Å². The number of nitrogens with zero attached hydrogens (tertiary/aromatic N) is 2. The second-order valence-corrected chi connectivity index (χ2v) is 6.53. The molecule has 7 nitrogen and oxygen atoms in total. The highest BCUT2D eigenvalue weighted by atomic mass is 16.6. The van der Waals surface area contributed by atoms with E-state index in [4.69, 9.17) is 14.6 Å². The van der Waals surface area contributed by atoms with Crippen LogP contribution in [-0.2, 0) is 4.79 Å². The van der Waals surface area contributed by atoms with Gasteiger partial charge in [0, 0.05) is 32.7 Å². The molecule has 2 N–H and O–H groups in total. The van der Waals surface area contributed by atoms with Gasteiger partial charge in [0.1, 0.15) is 13.2 Å². The first kappa shape index (κ1) is 18.0. The van der Waals surface area contributed by atoms with Gasteiger partial charge in [-0.15, -0.1) is 0 Å². The zero-order chi connectivity index (χ0) is 17.6. The van der Waals surface area contributed by atoms with Crippen molar-refractivity contribution in [3.8, 4) is 11.5 Å². The predicted molar refractivity (Wildman–Crippen MR) is 94.0 cm³/mol. The van der Waals surface area contributed by atoms with E-state index in [0.29, 0.717) is 26.3 Å². The fourth-order valence-corrected chi connectivity index (χ4v) is 3.22. The lowest BCUT2D eigenvalue weighted by Crippen LogP contribution is -2.50. The maximum atomic E-state index is 12.3. The van der Waals surface area contributed by atoms with Gasteiger partial charge >= 0.3 is 0 Å². The minimum absolute atomic E-state index is 0.0259. The van der Waals surface area contributed by atoms with Crippen molar-refractivity contribution in [3.05, 3.63) is 23.8 Å². The van der Waals surface area contributed by atoms with Crippen molar-refractivity contribution in [1.29, 1.82) is 0 Å². The Balaban J connectivity index is 1.48. The van der Waals surface area contributed by atoms with Crippen LogP contribution in [0.1, 0.15) is 18.5 Å². The molecule has 1 aromatic carbocycles. The van der Waals surface area contributed by atoms with Gasteiger partial charge in [0.25, 0.3) is 0 Å². The lowest BCUT2D eigenvalue weighted by Gasteiger charge is -2.34. The van der Waals surface area contributed by atoms with E-state index in [0.717, 1.165) is 43.2 Å². The zero-order valence-electron chi connectivity index (χ0n) is 14.7. The van der Waals surface area contributed by atoms with E-state index < -0.39 is 0 Å². The summed E-state index contributed by atoms with van der Waals surface area (Å²) in [6, 6.07) is 5.71. The van der Waals surface area contributed by atoms with E-state index in [-0.39, 0.29) is 18.6 Å². The Morgan fingerprint density at radius 3 is 2.56 bits per heavy atom. The molecule has 0 aromatic heterocycles. The summed E-state index contributed by atoms with van der Waals surface area (Å²) in [5.41, 5.74) is 1.00. The smallest absolute Gasteiger partial charge is 0.234 e. The lowest BCUT2D eigenvalue weighted by molar-refractivity contribution is -0.123. The number of fused-ring (bicyclic) bond motifs is 1. The van der Waals surface area contributed by atoms with Gasteiger partial charge in [-0.25, -0.2) is 0 Å². The Hall–Kier alpha value is -1.83. The van der Waals surface area contributed by atoms with Crippen LogP contribution in [0.25, 0.3) is 0 Å². The number of rotatable bonds is 6. The minimum Gasteiger partial charge on any atom is -0.486 e. The maximum absolute atomic E-state index is 12.3. The number of hydrogen-bond donors (Lipinski definition) is 2. The summed E-state index contributed by atoms with van der Waals surface area (Å²) in [5.74, 6) is 1.53. The highest BCUT2D eigenvalue weighted by Gasteiger charge is 2.20. The standard InChI is InChI=1S/C18H27N3O4/c1-14(15-2-3-16-17(12-15)25-11-10-24-16)19-18(23)13-21-6-4-20(5-7-21)8-9-22/h2-3,12,14,22H,4-11,13H2,1H3,(H,19,23)/t14-/m0/s1. The molecule has 0 aliphatic carbocycles. The average molecular weight is 349 g/mol. The van der Waals surface area contributed by atoms with Crippen LogP contribution in [0.15, 0.2) is 18.2 Å². The molecule has 0 bridgehead atoms. The van der Waals surface area contributed by atoms with Crippen LogP contribution in [0, 0.1) is 0 Å². The van der Waals surface area contributed by atoms with Crippen LogP contribution in [0.5, 0.6) is 11.5 Å². The number of amides is 1. The Morgan fingerprint density at radius 1 is 1.16 bits per heavy atom. The monoisotopic (exact) mass is 349 g/mol. The van der Waals surface area contributed by atoms with Crippen LogP contribution in [0.4, 0.5) is 0 Å². The lowest BCUT2D eigenvalue weighted by atomic mass is 10.1. The molecule has 2 aliphatic heterocycles. The molecule has 1 amide bonds. The first-order chi connectivity index (χ1) is 12.2. The van der Waals surface area contributed by atoms with Gasteiger partial charge in [-0.1, -0.05) is 6.07 Å². The fraction of sp³-hybridized carbons (Fsp3) is 0.611. The quantitative estimate of drug-likeness (QED) is 0.767. The second kappa shape index (κ2) is 8.51. The summed E-state index contributed by atoms with van der Waals surface area (Å²) in [5, 5.41) is 12.0. The van der Waals surface area contributed by atoms with Crippen LogP contribution >= 0.6 is 0 Å². The highest BCUT2D eigenvalue weighted by Crippen LogP contribution is 2.32. The molecule has 3 rings (SSSR count). The van der Waals surface area contributed by atoms with Crippen LogP contribution in [0.2, 0.25) is 0 Å². The van der Waals surface area contributed by atoms with Crippen LogP contribution in [0.3, 0.4) is 0 Å². The van der Waals surface area contributed by atoms with Gasteiger partial charge in [0.15, 0.2) is 11.5 Å². The molecular formula is C18H27N3O4. The van der Waals surface area contributed by atoms with Gasteiger partial charge < -0.3 is 19.9 Å². The third-order valence-electron chi connectivity index (χ3n) is 4.69. The van der Waals surface area contributed by atoms with Crippen LogP contribution < -0.4 is 14.8 Å². The topological polar surface area (TPSA) is 74.3 Å². The number of β-amino-alcohol motifs (C(OH)–C–C–N with tert-alkyl or cyclic N) is 1. The number of carbonyl (C=O) groups excluding carboxylic acids is 1. The summed E-state index contributed by atoms with van der Waals surface area (Å²) < 4.78 is 11.1. The maximum Gasteiger partial charge on any atom is 0.234 e. The molecule has 1 aromatic rings. The summed E-state index contributed by atoms with van der Waals surface area (Å²) in [4.78, 5) is 16.7. The van der Waals surface area contributed by atoms with E-state index in [9.17, 15) is 4.79 Å². The summed E-state index contributed by atoms with van der Waals surface area (Å²) in [6.07, 6.45) is 0. The Labute approximate surface area is 148 Å². The first-order valence-corrected chi connectivity index (χ1v) is 8.90. The van der Waals surface area contributed by atoms with E-state index in [2.05, 4.69) is 15.1 Å². The molecule has 2 aliphatic rings. The molecule has 0 radical (unpaired) electrons. The number of aliphatic hydroxyl groups excluding tert-OH is 1. The first-order valence-electron chi connectivity index (χ1n) is 8.90. The largest absolute Gasteiger partial charge is 0.486 e. The van der Waals surface area contributed by atoms with Crippen molar-refractivity contribution >= 4 is 5.91 Å². The number of nitrogens with one attached hydrogen (secondary N) is 1. The van der Waals surface area contributed by atoms with Crippen molar-refractivity contribution in [3.63, 3.8) is 0 Å². The van der Waals surface area contributed by atoms with Gasteiger partial charge in [-0.05, 0) is 24.6 Å². The Morgan fingerprint density at radius 2 is 1.84 bits per heavy atom.